The number of carbonyl (C=O) groups is 1. The van der Waals surface area contributed by atoms with Gasteiger partial charge in [0, 0.05) is 10.6 Å². The highest BCUT2D eigenvalue weighted by atomic mass is 32.1. The van der Waals surface area contributed by atoms with Crippen molar-refractivity contribution in [3.63, 3.8) is 0 Å². The molecule has 3 aromatic rings. The lowest BCUT2D eigenvalue weighted by Gasteiger charge is -2.12. The van der Waals surface area contributed by atoms with E-state index in [-0.39, 0.29) is 5.97 Å². The summed E-state index contributed by atoms with van der Waals surface area (Å²) in [4.78, 5) is 13.3. The first kappa shape index (κ1) is 20.8. The maximum atomic E-state index is 12.3. The molecule has 0 unspecified atom stereocenters. The van der Waals surface area contributed by atoms with Crippen molar-refractivity contribution in [3.8, 4) is 11.5 Å². The highest BCUT2D eigenvalue weighted by Crippen LogP contribution is 2.33. The van der Waals surface area contributed by atoms with E-state index in [1.54, 1.807) is 6.92 Å². The second-order valence-electron chi connectivity index (χ2n) is 6.23. The molecule has 0 amide bonds. The number of benzene rings is 2. The maximum absolute atomic E-state index is 12.3. The Labute approximate surface area is 179 Å². The summed E-state index contributed by atoms with van der Waals surface area (Å²) in [5.74, 6) is 1.16. The van der Waals surface area contributed by atoms with Crippen molar-refractivity contribution >= 4 is 45.3 Å². The molecule has 150 valence electrons. The van der Waals surface area contributed by atoms with E-state index in [4.69, 9.17) is 21.7 Å². The second kappa shape index (κ2) is 9.54. The maximum Gasteiger partial charge on any atom is 0.341 e. The van der Waals surface area contributed by atoms with E-state index in [1.807, 2.05) is 68.4 Å². The number of thiocarbonyl (C=S) groups is 1. The molecule has 0 aliphatic carbocycles. The highest BCUT2D eigenvalue weighted by Gasteiger charge is 2.21. The van der Waals surface area contributed by atoms with Gasteiger partial charge in [0.05, 0.1) is 12.2 Å². The lowest BCUT2D eigenvalue weighted by atomic mass is 10.1. The molecule has 3 rings (SSSR count). The molecule has 2 aromatic carbocycles. The number of nitrogens with one attached hydrogen (secondary N) is 2. The first-order chi connectivity index (χ1) is 14.0. The number of hydrogen-bond donors (Lipinski definition) is 2. The number of ether oxygens (including phenoxy) is 2. The van der Waals surface area contributed by atoms with Crippen LogP contribution in [0.1, 0.15) is 27.7 Å². The zero-order valence-corrected chi connectivity index (χ0v) is 18.1. The Bertz CT molecular complexity index is 999. The lowest BCUT2D eigenvalue weighted by Crippen LogP contribution is -2.20. The number of aryl methyl sites for hydroxylation is 1. The molecule has 0 aliphatic heterocycles. The van der Waals surface area contributed by atoms with Crippen LogP contribution in [-0.4, -0.2) is 17.7 Å². The molecule has 1 heterocycles. The van der Waals surface area contributed by atoms with Gasteiger partial charge in [-0.1, -0.05) is 18.2 Å². The average Bonchev–Trinajstić information content (AvgIpc) is 2.97. The Morgan fingerprint density at radius 1 is 1.00 bits per heavy atom. The van der Waals surface area contributed by atoms with Crippen LogP contribution in [0.4, 0.5) is 10.7 Å². The quantitative estimate of drug-likeness (QED) is 0.364. The third-order valence-corrected chi connectivity index (χ3v) is 5.51. The number of para-hydroxylation sites is 1. The van der Waals surface area contributed by atoms with Gasteiger partial charge in [0.25, 0.3) is 0 Å². The van der Waals surface area contributed by atoms with E-state index in [0.29, 0.717) is 22.3 Å². The van der Waals surface area contributed by atoms with Gasteiger partial charge in [-0.2, -0.15) is 0 Å². The van der Waals surface area contributed by atoms with Gasteiger partial charge >= 0.3 is 5.97 Å². The summed E-state index contributed by atoms with van der Waals surface area (Å²) < 4.78 is 11.0. The van der Waals surface area contributed by atoms with E-state index in [0.717, 1.165) is 27.6 Å². The Hall–Kier alpha value is -2.90. The molecule has 0 spiro atoms. The van der Waals surface area contributed by atoms with Crippen molar-refractivity contribution < 1.29 is 14.3 Å². The van der Waals surface area contributed by atoms with E-state index in [2.05, 4.69) is 10.6 Å². The van der Waals surface area contributed by atoms with Crippen molar-refractivity contribution in [2.45, 2.75) is 20.8 Å². The van der Waals surface area contributed by atoms with Crippen LogP contribution in [0.25, 0.3) is 0 Å². The highest BCUT2D eigenvalue weighted by molar-refractivity contribution is 7.80. The molecular formula is C22H22N2O3S2. The normalized spacial score (nSPS) is 10.3. The predicted octanol–water partition coefficient (Wildman–Crippen LogP) is 6.14. The number of carbonyl (C=O) groups excluding carboxylic acids is 1. The molecule has 0 radical (unpaired) electrons. The standard InChI is InChI=1S/C22H22N2O3S2/c1-4-26-21(25)19-14(2)15(3)29-20(19)24-22(28)23-16-10-12-18(13-11-16)27-17-8-6-5-7-9-17/h5-13H,4H2,1-3H3,(H2,23,24,28). The van der Waals surface area contributed by atoms with E-state index in [1.165, 1.54) is 11.3 Å². The summed E-state index contributed by atoms with van der Waals surface area (Å²) in [7, 11) is 0. The fourth-order valence-corrected chi connectivity index (χ4v) is 4.00. The smallest absolute Gasteiger partial charge is 0.341 e. The Kier molecular flexibility index (Phi) is 6.85. The average molecular weight is 427 g/mol. The van der Waals surface area contributed by atoms with Crippen LogP contribution >= 0.6 is 23.6 Å². The molecule has 0 saturated carbocycles. The molecule has 0 saturated heterocycles. The Balaban J connectivity index is 1.65. The van der Waals surface area contributed by atoms with Crippen LogP contribution in [0.5, 0.6) is 11.5 Å². The van der Waals surface area contributed by atoms with E-state index < -0.39 is 0 Å². The first-order valence-corrected chi connectivity index (χ1v) is 10.4. The van der Waals surface area contributed by atoms with Crippen LogP contribution in [0.2, 0.25) is 0 Å². The zero-order valence-electron chi connectivity index (χ0n) is 16.4. The SMILES string of the molecule is CCOC(=O)c1c(NC(=S)Nc2ccc(Oc3ccccc3)cc2)sc(C)c1C. The van der Waals surface area contributed by atoms with Gasteiger partial charge in [-0.3, -0.25) is 0 Å². The van der Waals surface area contributed by atoms with E-state index >= 15 is 0 Å². The van der Waals surface area contributed by atoms with Gasteiger partial charge < -0.3 is 20.1 Å². The van der Waals surface area contributed by atoms with Gasteiger partial charge in [-0.05, 0) is 75.0 Å². The minimum Gasteiger partial charge on any atom is -0.462 e. The first-order valence-electron chi connectivity index (χ1n) is 9.16. The lowest BCUT2D eigenvalue weighted by molar-refractivity contribution is 0.0527. The summed E-state index contributed by atoms with van der Waals surface area (Å²) in [5.41, 5.74) is 2.25. The van der Waals surface area contributed by atoms with Gasteiger partial charge in [0.2, 0.25) is 0 Å². The number of rotatable bonds is 6. The van der Waals surface area contributed by atoms with Crippen molar-refractivity contribution in [3.05, 3.63) is 70.6 Å². The summed E-state index contributed by atoms with van der Waals surface area (Å²) in [6.07, 6.45) is 0. The third-order valence-electron chi connectivity index (χ3n) is 4.18. The molecule has 29 heavy (non-hydrogen) atoms. The van der Waals surface area contributed by atoms with Gasteiger partial charge in [-0.25, -0.2) is 4.79 Å². The van der Waals surface area contributed by atoms with Crippen molar-refractivity contribution in [2.24, 2.45) is 0 Å². The fourth-order valence-electron chi connectivity index (χ4n) is 2.66. The third kappa shape index (κ3) is 5.34. The van der Waals surface area contributed by atoms with Crippen molar-refractivity contribution in [1.82, 2.24) is 0 Å². The summed E-state index contributed by atoms with van der Waals surface area (Å²) in [6.45, 7) is 5.99. The minimum absolute atomic E-state index is 0.326. The summed E-state index contributed by atoms with van der Waals surface area (Å²) in [6, 6.07) is 17.1. The number of anilines is 2. The Morgan fingerprint density at radius 3 is 2.31 bits per heavy atom. The van der Waals surface area contributed by atoms with Gasteiger partial charge in [0.1, 0.15) is 16.5 Å². The van der Waals surface area contributed by atoms with Gasteiger partial charge in [0.15, 0.2) is 5.11 Å². The molecule has 0 bridgehead atoms. The molecule has 7 heteroatoms. The molecule has 5 nitrogen and oxygen atoms in total. The second-order valence-corrected chi connectivity index (χ2v) is 7.86. The van der Waals surface area contributed by atoms with E-state index in [9.17, 15) is 4.79 Å². The number of thiophene rings is 1. The van der Waals surface area contributed by atoms with Crippen LogP contribution in [0, 0.1) is 13.8 Å². The number of esters is 1. The van der Waals surface area contributed by atoms with Crippen LogP contribution in [-0.2, 0) is 4.74 Å². The molecular weight excluding hydrogens is 404 g/mol. The molecule has 1 aromatic heterocycles. The van der Waals surface area contributed by atoms with Crippen LogP contribution in [0.15, 0.2) is 54.6 Å². The Morgan fingerprint density at radius 2 is 1.66 bits per heavy atom. The van der Waals surface area contributed by atoms with Gasteiger partial charge in [-0.15, -0.1) is 11.3 Å². The molecule has 0 fully saturated rings. The fraction of sp³-hybridized carbons (Fsp3) is 0.182. The zero-order chi connectivity index (χ0) is 20.8. The topological polar surface area (TPSA) is 59.6 Å². The molecule has 2 N–H and O–H groups in total. The van der Waals surface area contributed by atoms with Crippen LogP contribution < -0.4 is 15.4 Å². The molecule has 0 aliphatic rings. The summed E-state index contributed by atoms with van der Waals surface area (Å²) >= 11 is 6.90. The minimum atomic E-state index is -0.345. The predicted molar refractivity (Wildman–Crippen MR) is 123 cm³/mol. The number of hydrogen-bond acceptors (Lipinski definition) is 5. The monoisotopic (exact) mass is 426 g/mol. The van der Waals surface area contributed by atoms with Crippen LogP contribution in [0.3, 0.4) is 0 Å². The summed E-state index contributed by atoms with van der Waals surface area (Å²) in [5, 5.41) is 7.33. The van der Waals surface area contributed by atoms with Crippen molar-refractivity contribution in [2.75, 3.05) is 17.2 Å². The van der Waals surface area contributed by atoms with Crippen molar-refractivity contribution in [1.29, 1.82) is 0 Å². The largest absolute Gasteiger partial charge is 0.462 e. The molecule has 0 atom stereocenters.